The van der Waals surface area contributed by atoms with Crippen molar-refractivity contribution in [3.63, 3.8) is 0 Å². The summed E-state index contributed by atoms with van der Waals surface area (Å²) in [7, 11) is 0. The van der Waals surface area contributed by atoms with Crippen molar-refractivity contribution in [3.8, 4) is 5.75 Å². The third-order valence-corrected chi connectivity index (χ3v) is 7.76. The van der Waals surface area contributed by atoms with E-state index in [1.807, 2.05) is 24.3 Å². The number of ketones is 2. The fourth-order valence-electron chi connectivity index (χ4n) is 6.27. The zero-order valence-corrected chi connectivity index (χ0v) is 22.5. The summed E-state index contributed by atoms with van der Waals surface area (Å²) in [5, 5.41) is 9.08. The molecule has 5 rings (SSSR count). The third-order valence-electron chi connectivity index (χ3n) is 7.76. The first-order valence-electron chi connectivity index (χ1n) is 13.2. The Morgan fingerprint density at radius 2 is 1.45 bits per heavy atom. The molecule has 3 aliphatic rings. The quantitative estimate of drug-likeness (QED) is 0.507. The molecular weight excluding hydrogens is 478 g/mol. The SMILES string of the molecule is CC1(C)CC(=O)C2=C(C1)N(Cc1ccccc1)C1=C(C(=O)CC(C)(C)C1)C2c1cccc(OCC(=O)O)c1. The van der Waals surface area contributed by atoms with Crippen LogP contribution in [0.2, 0.25) is 0 Å². The summed E-state index contributed by atoms with van der Waals surface area (Å²) in [4.78, 5) is 41.2. The van der Waals surface area contributed by atoms with Gasteiger partial charge in [0, 0.05) is 47.8 Å². The number of carboxylic acid groups (broad SMARTS) is 1. The number of hydrogen-bond acceptors (Lipinski definition) is 5. The number of allylic oxidation sites excluding steroid dienone is 4. The normalized spacial score (nSPS) is 20.8. The molecule has 2 aliphatic carbocycles. The van der Waals surface area contributed by atoms with Gasteiger partial charge in [-0.2, -0.15) is 0 Å². The van der Waals surface area contributed by atoms with E-state index in [0.29, 0.717) is 36.3 Å². The molecule has 0 saturated carbocycles. The molecule has 0 fully saturated rings. The average molecular weight is 514 g/mol. The van der Waals surface area contributed by atoms with Crippen molar-refractivity contribution in [2.24, 2.45) is 10.8 Å². The van der Waals surface area contributed by atoms with E-state index < -0.39 is 18.5 Å². The Kier molecular flexibility index (Phi) is 6.54. The summed E-state index contributed by atoms with van der Waals surface area (Å²) in [6.45, 7) is 8.66. The van der Waals surface area contributed by atoms with E-state index in [4.69, 9.17) is 9.84 Å². The number of carboxylic acids is 1. The highest BCUT2D eigenvalue weighted by molar-refractivity contribution is 6.06. The number of rotatable bonds is 6. The number of ether oxygens (including phenoxy) is 1. The van der Waals surface area contributed by atoms with Crippen molar-refractivity contribution in [1.29, 1.82) is 0 Å². The summed E-state index contributed by atoms with van der Waals surface area (Å²) in [5.74, 6) is -1.00. The standard InChI is InChI=1S/C32H35NO5/c1-31(2)14-23-29(25(34)16-31)28(21-11-8-12-22(13-21)38-19-27(36)37)30-24(15-32(3,4)17-26(30)35)33(23)18-20-9-6-5-7-10-20/h5-13,28H,14-19H2,1-4H3,(H,36,37). The van der Waals surface area contributed by atoms with E-state index >= 15 is 0 Å². The molecule has 0 aromatic heterocycles. The van der Waals surface area contributed by atoms with Crippen molar-refractivity contribution in [1.82, 2.24) is 4.90 Å². The summed E-state index contributed by atoms with van der Waals surface area (Å²) in [6.07, 6.45) is 2.30. The second kappa shape index (κ2) is 9.57. The molecule has 1 N–H and O–H groups in total. The molecule has 2 aromatic rings. The highest BCUT2D eigenvalue weighted by Gasteiger charge is 2.49. The maximum Gasteiger partial charge on any atom is 0.341 e. The number of hydrogen-bond donors (Lipinski definition) is 1. The van der Waals surface area contributed by atoms with Gasteiger partial charge >= 0.3 is 5.97 Å². The lowest BCUT2D eigenvalue weighted by molar-refractivity contribution is -0.139. The van der Waals surface area contributed by atoms with Crippen LogP contribution in [0.1, 0.15) is 70.4 Å². The Morgan fingerprint density at radius 3 is 2.00 bits per heavy atom. The summed E-state index contributed by atoms with van der Waals surface area (Å²) in [6, 6.07) is 17.4. The van der Waals surface area contributed by atoms with Crippen LogP contribution in [-0.2, 0) is 20.9 Å². The Hall–Kier alpha value is -3.67. The number of benzene rings is 2. The van der Waals surface area contributed by atoms with Gasteiger partial charge in [0.25, 0.3) is 0 Å². The molecule has 0 atom stereocenters. The molecule has 0 bridgehead atoms. The van der Waals surface area contributed by atoms with Crippen LogP contribution in [0.4, 0.5) is 0 Å². The van der Waals surface area contributed by atoms with Crippen molar-refractivity contribution in [3.05, 3.63) is 88.3 Å². The lowest BCUT2D eigenvalue weighted by Gasteiger charge is -2.49. The van der Waals surface area contributed by atoms with E-state index in [2.05, 4.69) is 44.7 Å². The molecule has 0 spiro atoms. The minimum atomic E-state index is -1.06. The number of carbonyl (C=O) groups is 3. The van der Waals surface area contributed by atoms with E-state index in [1.54, 1.807) is 18.2 Å². The largest absolute Gasteiger partial charge is 0.482 e. The second-order valence-electron chi connectivity index (χ2n) is 12.4. The van der Waals surface area contributed by atoms with Crippen LogP contribution >= 0.6 is 0 Å². The molecule has 0 amide bonds. The summed E-state index contributed by atoms with van der Waals surface area (Å²) >= 11 is 0. The fourth-order valence-corrected chi connectivity index (χ4v) is 6.27. The van der Waals surface area contributed by atoms with Crippen LogP contribution in [0, 0.1) is 10.8 Å². The highest BCUT2D eigenvalue weighted by Crippen LogP contribution is 2.54. The highest BCUT2D eigenvalue weighted by atomic mass is 16.5. The van der Waals surface area contributed by atoms with Gasteiger partial charge in [0.1, 0.15) is 5.75 Å². The van der Waals surface area contributed by atoms with Gasteiger partial charge in [0.15, 0.2) is 18.2 Å². The molecule has 38 heavy (non-hydrogen) atoms. The van der Waals surface area contributed by atoms with Gasteiger partial charge < -0.3 is 14.7 Å². The topological polar surface area (TPSA) is 83.9 Å². The van der Waals surface area contributed by atoms with E-state index in [1.165, 1.54) is 0 Å². The molecule has 2 aromatic carbocycles. The van der Waals surface area contributed by atoms with Crippen LogP contribution in [0.25, 0.3) is 0 Å². The smallest absolute Gasteiger partial charge is 0.341 e. The van der Waals surface area contributed by atoms with Crippen molar-refractivity contribution < 1.29 is 24.2 Å². The molecule has 0 saturated heterocycles. The van der Waals surface area contributed by atoms with Crippen LogP contribution in [0.5, 0.6) is 5.75 Å². The fraction of sp³-hybridized carbons (Fsp3) is 0.406. The van der Waals surface area contributed by atoms with Crippen LogP contribution in [-0.4, -0.2) is 34.1 Å². The molecule has 6 nitrogen and oxygen atoms in total. The number of Topliss-reactive ketones (excluding diaryl/α,β-unsaturated/α-hetero) is 2. The number of aliphatic carboxylic acids is 1. The molecule has 1 aliphatic heterocycles. The Morgan fingerprint density at radius 1 is 0.868 bits per heavy atom. The minimum absolute atomic E-state index is 0.0698. The first-order valence-corrected chi connectivity index (χ1v) is 13.2. The number of nitrogens with zero attached hydrogens (tertiary/aromatic N) is 1. The third kappa shape index (κ3) is 5.04. The minimum Gasteiger partial charge on any atom is -0.482 e. The zero-order chi connectivity index (χ0) is 27.2. The van der Waals surface area contributed by atoms with E-state index in [-0.39, 0.29) is 22.4 Å². The summed E-state index contributed by atoms with van der Waals surface area (Å²) < 4.78 is 5.48. The lowest BCUT2D eigenvalue weighted by atomic mass is 9.63. The van der Waals surface area contributed by atoms with Crippen LogP contribution in [0.3, 0.4) is 0 Å². The van der Waals surface area contributed by atoms with Gasteiger partial charge in [-0.3, -0.25) is 9.59 Å². The predicted octanol–water partition coefficient (Wildman–Crippen LogP) is 6.04. The van der Waals surface area contributed by atoms with Crippen molar-refractivity contribution >= 4 is 17.5 Å². The molecule has 1 heterocycles. The maximum absolute atomic E-state index is 13.9. The second-order valence-corrected chi connectivity index (χ2v) is 12.4. The first kappa shape index (κ1) is 26.0. The number of carbonyl (C=O) groups excluding carboxylic acids is 2. The predicted molar refractivity (Wildman–Crippen MR) is 144 cm³/mol. The van der Waals surface area contributed by atoms with Crippen LogP contribution in [0.15, 0.2) is 77.1 Å². The van der Waals surface area contributed by atoms with Gasteiger partial charge in [0.2, 0.25) is 0 Å². The van der Waals surface area contributed by atoms with Gasteiger partial charge in [-0.25, -0.2) is 4.79 Å². The van der Waals surface area contributed by atoms with Gasteiger partial charge in [0.05, 0.1) is 0 Å². The van der Waals surface area contributed by atoms with E-state index in [0.717, 1.165) is 35.4 Å². The molecule has 6 heteroatoms. The Balaban J connectivity index is 1.71. The molecular formula is C32H35NO5. The lowest BCUT2D eigenvalue weighted by Crippen LogP contribution is -2.44. The van der Waals surface area contributed by atoms with Crippen molar-refractivity contribution in [2.45, 2.75) is 65.8 Å². The molecule has 0 radical (unpaired) electrons. The Bertz CT molecular complexity index is 1310. The van der Waals surface area contributed by atoms with Gasteiger partial charge in [-0.1, -0.05) is 70.2 Å². The molecule has 198 valence electrons. The first-order chi connectivity index (χ1) is 17.9. The average Bonchev–Trinajstić information content (AvgIpc) is 2.83. The monoisotopic (exact) mass is 513 g/mol. The van der Waals surface area contributed by atoms with E-state index in [9.17, 15) is 14.4 Å². The van der Waals surface area contributed by atoms with Gasteiger partial charge in [-0.05, 0) is 46.9 Å². The Labute approximate surface area is 224 Å². The maximum atomic E-state index is 13.9. The summed E-state index contributed by atoms with van der Waals surface area (Å²) in [5.41, 5.74) is 4.91. The zero-order valence-electron chi connectivity index (χ0n) is 22.5. The van der Waals surface area contributed by atoms with Crippen LogP contribution < -0.4 is 4.74 Å². The molecule has 0 unspecified atom stereocenters. The van der Waals surface area contributed by atoms with Gasteiger partial charge in [-0.15, -0.1) is 0 Å². The van der Waals surface area contributed by atoms with Crippen molar-refractivity contribution in [2.75, 3.05) is 6.61 Å².